The van der Waals surface area contributed by atoms with Crippen LogP contribution in [0.25, 0.3) is 0 Å². The molecule has 0 aliphatic heterocycles. The molecule has 1 aromatic rings. The van der Waals surface area contributed by atoms with Gasteiger partial charge in [-0.2, -0.15) is 0 Å². The van der Waals surface area contributed by atoms with E-state index in [9.17, 15) is 0 Å². The fourth-order valence-electron chi connectivity index (χ4n) is 2.82. The van der Waals surface area contributed by atoms with E-state index in [1.54, 1.807) is 0 Å². The maximum absolute atomic E-state index is 6.15. The van der Waals surface area contributed by atoms with E-state index >= 15 is 0 Å². The molecule has 0 radical (unpaired) electrons. The van der Waals surface area contributed by atoms with Crippen molar-refractivity contribution in [2.75, 3.05) is 5.88 Å². The number of hydrogen-bond donors (Lipinski definition) is 1. The SMILES string of the molecule is CC(C)(C)c1ccc(CNC2(CCl)CCCC2)cc1. The highest BCUT2D eigenvalue weighted by molar-refractivity contribution is 6.18. The zero-order valence-electron chi connectivity index (χ0n) is 12.4. The fraction of sp³-hybridized carbons (Fsp3) is 0.647. The second-order valence-corrected chi connectivity index (χ2v) is 7.19. The van der Waals surface area contributed by atoms with Crippen molar-refractivity contribution in [3.05, 3.63) is 35.4 Å². The average Bonchev–Trinajstić information content (AvgIpc) is 2.85. The maximum atomic E-state index is 6.15. The predicted molar refractivity (Wildman–Crippen MR) is 83.9 cm³/mol. The van der Waals surface area contributed by atoms with Crippen LogP contribution in [-0.4, -0.2) is 11.4 Å². The summed E-state index contributed by atoms with van der Waals surface area (Å²) in [7, 11) is 0. The van der Waals surface area contributed by atoms with Gasteiger partial charge < -0.3 is 5.32 Å². The van der Waals surface area contributed by atoms with Gasteiger partial charge in [0.1, 0.15) is 0 Å². The summed E-state index contributed by atoms with van der Waals surface area (Å²) in [5.74, 6) is 0.729. The lowest BCUT2D eigenvalue weighted by atomic mass is 9.86. The Bertz CT molecular complexity index is 396. The Morgan fingerprint density at radius 2 is 1.68 bits per heavy atom. The van der Waals surface area contributed by atoms with Gasteiger partial charge in [0, 0.05) is 18.0 Å². The van der Waals surface area contributed by atoms with Gasteiger partial charge in [0.2, 0.25) is 0 Å². The molecule has 1 aliphatic carbocycles. The van der Waals surface area contributed by atoms with Crippen molar-refractivity contribution >= 4 is 11.6 Å². The van der Waals surface area contributed by atoms with Gasteiger partial charge in [-0.15, -0.1) is 11.6 Å². The Labute approximate surface area is 122 Å². The molecule has 1 saturated carbocycles. The van der Waals surface area contributed by atoms with Crippen molar-refractivity contribution in [3.63, 3.8) is 0 Å². The van der Waals surface area contributed by atoms with Gasteiger partial charge in [-0.25, -0.2) is 0 Å². The number of benzene rings is 1. The summed E-state index contributed by atoms with van der Waals surface area (Å²) in [6.45, 7) is 7.68. The fourth-order valence-corrected chi connectivity index (χ4v) is 3.18. The van der Waals surface area contributed by atoms with Crippen LogP contribution in [0.2, 0.25) is 0 Å². The van der Waals surface area contributed by atoms with E-state index in [-0.39, 0.29) is 11.0 Å². The molecule has 0 heterocycles. The molecule has 0 bridgehead atoms. The van der Waals surface area contributed by atoms with E-state index in [0.29, 0.717) is 0 Å². The maximum Gasteiger partial charge on any atom is 0.0406 e. The van der Waals surface area contributed by atoms with Gasteiger partial charge in [0.05, 0.1) is 0 Å². The summed E-state index contributed by atoms with van der Waals surface area (Å²) >= 11 is 6.15. The molecule has 1 N–H and O–H groups in total. The zero-order valence-corrected chi connectivity index (χ0v) is 13.2. The molecule has 2 rings (SSSR count). The Morgan fingerprint density at radius 1 is 1.11 bits per heavy atom. The first kappa shape index (κ1) is 14.9. The largest absolute Gasteiger partial charge is 0.306 e. The highest BCUT2D eigenvalue weighted by atomic mass is 35.5. The van der Waals surface area contributed by atoms with Crippen molar-refractivity contribution in [3.8, 4) is 0 Å². The quantitative estimate of drug-likeness (QED) is 0.793. The number of rotatable bonds is 4. The van der Waals surface area contributed by atoms with Gasteiger partial charge in [0.15, 0.2) is 0 Å². The number of nitrogens with one attached hydrogen (secondary N) is 1. The molecular formula is C17H26ClN. The molecule has 1 aromatic carbocycles. The molecule has 1 fully saturated rings. The van der Waals surface area contributed by atoms with Gasteiger partial charge in [-0.3, -0.25) is 0 Å². The minimum absolute atomic E-state index is 0.185. The summed E-state index contributed by atoms with van der Waals surface area (Å²) in [6.07, 6.45) is 5.05. The monoisotopic (exact) mass is 279 g/mol. The third kappa shape index (κ3) is 3.73. The number of alkyl halides is 1. The minimum Gasteiger partial charge on any atom is -0.306 e. The lowest BCUT2D eigenvalue weighted by Crippen LogP contribution is -2.43. The smallest absolute Gasteiger partial charge is 0.0406 e. The van der Waals surface area contributed by atoms with E-state index in [4.69, 9.17) is 11.6 Å². The lowest BCUT2D eigenvalue weighted by Gasteiger charge is -2.28. The van der Waals surface area contributed by atoms with Gasteiger partial charge >= 0.3 is 0 Å². The summed E-state index contributed by atoms with van der Waals surface area (Å²) in [5.41, 5.74) is 3.16. The molecule has 0 spiro atoms. The highest BCUT2D eigenvalue weighted by Crippen LogP contribution is 2.31. The first-order valence-electron chi connectivity index (χ1n) is 7.36. The third-order valence-electron chi connectivity index (χ3n) is 4.30. The average molecular weight is 280 g/mol. The molecule has 2 heteroatoms. The van der Waals surface area contributed by atoms with E-state index in [1.165, 1.54) is 36.8 Å². The molecular weight excluding hydrogens is 254 g/mol. The molecule has 0 atom stereocenters. The normalized spacial score (nSPS) is 18.7. The summed E-state index contributed by atoms with van der Waals surface area (Å²) < 4.78 is 0. The van der Waals surface area contributed by atoms with Crippen molar-refractivity contribution in [2.45, 2.75) is 64.0 Å². The van der Waals surface area contributed by atoms with Crippen LogP contribution in [0.3, 0.4) is 0 Å². The summed E-state index contributed by atoms with van der Waals surface area (Å²) in [4.78, 5) is 0. The standard InChI is InChI=1S/C17H26ClN/c1-16(2,3)15-8-6-14(7-9-15)12-19-17(13-18)10-4-5-11-17/h6-9,19H,4-5,10-13H2,1-3H3. The van der Waals surface area contributed by atoms with Crippen LogP contribution in [0.15, 0.2) is 24.3 Å². The van der Waals surface area contributed by atoms with Crippen molar-refractivity contribution in [1.82, 2.24) is 5.32 Å². The van der Waals surface area contributed by atoms with Gasteiger partial charge in [0.25, 0.3) is 0 Å². The molecule has 0 unspecified atom stereocenters. The van der Waals surface area contributed by atoms with E-state index < -0.39 is 0 Å². The Kier molecular flexibility index (Phi) is 4.58. The van der Waals surface area contributed by atoms with Crippen LogP contribution >= 0.6 is 11.6 Å². The zero-order chi connectivity index (χ0) is 13.9. The van der Waals surface area contributed by atoms with Gasteiger partial charge in [-0.05, 0) is 29.4 Å². The van der Waals surface area contributed by atoms with Crippen LogP contribution in [0.5, 0.6) is 0 Å². The number of halogens is 1. The second kappa shape index (κ2) is 5.85. The summed E-state index contributed by atoms with van der Waals surface area (Å²) in [5, 5.41) is 3.69. The van der Waals surface area contributed by atoms with Crippen LogP contribution in [-0.2, 0) is 12.0 Å². The van der Waals surface area contributed by atoms with Crippen LogP contribution in [0.4, 0.5) is 0 Å². The molecule has 106 valence electrons. The first-order valence-corrected chi connectivity index (χ1v) is 7.89. The predicted octanol–water partition coefficient (Wildman–Crippen LogP) is 4.63. The molecule has 0 amide bonds. The number of hydrogen-bond acceptors (Lipinski definition) is 1. The van der Waals surface area contributed by atoms with E-state index in [1.807, 2.05) is 0 Å². The van der Waals surface area contributed by atoms with E-state index in [2.05, 4.69) is 50.4 Å². The van der Waals surface area contributed by atoms with E-state index in [0.717, 1.165) is 12.4 Å². The third-order valence-corrected chi connectivity index (χ3v) is 4.82. The van der Waals surface area contributed by atoms with Crippen LogP contribution in [0, 0.1) is 0 Å². The molecule has 1 aliphatic rings. The Morgan fingerprint density at radius 3 is 2.16 bits per heavy atom. The lowest BCUT2D eigenvalue weighted by molar-refractivity contribution is 0.368. The molecule has 1 nitrogen and oxygen atoms in total. The molecule has 19 heavy (non-hydrogen) atoms. The topological polar surface area (TPSA) is 12.0 Å². The van der Waals surface area contributed by atoms with Crippen LogP contribution < -0.4 is 5.32 Å². The van der Waals surface area contributed by atoms with Crippen molar-refractivity contribution < 1.29 is 0 Å². The van der Waals surface area contributed by atoms with Crippen molar-refractivity contribution in [1.29, 1.82) is 0 Å². The van der Waals surface area contributed by atoms with Crippen molar-refractivity contribution in [2.24, 2.45) is 0 Å². The molecule has 0 aromatic heterocycles. The van der Waals surface area contributed by atoms with Gasteiger partial charge in [-0.1, -0.05) is 57.9 Å². The Balaban J connectivity index is 1.96. The van der Waals surface area contributed by atoms with Crippen LogP contribution in [0.1, 0.15) is 57.6 Å². The highest BCUT2D eigenvalue weighted by Gasteiger charge is 2.32. The summed E-state index contributed by atoms with van der Waals surface area (Å²) in [6, 6.07) is 8.98. The second-order valence-electron chi connectivity index (χ2n) is 6.92. The minimum atomic E-state index is 0.185. The first-order chi connectivity index (χ1) is 8.95. The molecule has 0 saturated heterocycles. The Hall–Kier alpha value is -0.530.